The topological polar surface area (TPSA) is 87.7 Å². The maximum atomic E-state index is 12.7. The second-order valence-corrected chi connectivity index (χ2v) is 9.40. The lowest BCUT2D eigenvalue weighted by molar-refractivity contribution is -0.125. The van der Waals surface area contributed by atoms with E-state index in [1.54, 1.807) is 18.6 Å². The molecule has 0 saturated carbocycles. The number of ether oxygens (including phenoxy) is 1. The fraction of sp³-hybridized carbons (Fsp3) is 0.520. The van der Waals surface area contributed by atoms with Crippen LogP contribution in [0.3, 0.4) is 0 Å². The van der Waals surface area contributed by atoms with E-state index < -0.39 is 0 Å². The Morgan fingerprint density at radius 3 is 2.55 bits per heavy atom. The number of fused-ring (bicyclic) bond motifs is 1. The van der Waals surface area contributed by atoms with Crippen LogP contribution in [0.2, 0.25) is 0 Å². The molecule has 4 heterocycles. The van der Waals surface area contributed by atoms with Gasteiger partial charge >= 0.3 is 0 Å². The van der Waals surface area contributed by atoms with Crippen LogP contribution in [0.25, 0.3) is 0 Å². The monoisotopic (exact) mass is 449 g/mol. The van der Waals surface area contributed by atoms with Crippen molar-refractivity contribution < 1.29 is 14.3 Å². The van der Waals surface area contributed by atoms with Gasteiger partial charge in [0.05, 0.1) is 24.8 Å². The summed E-state index contributed by atoms with van der Waals surface area (Å²) >= 11 is 0. The number of carbonyl (C=O) groups is 2. The van der Waals surface area contributed by atoms with E-state index >= 15 is 0 Å². The van der Waals surface area contributed by atoms with Crippen molar-refractivity contribution in [2.75, 3.05) is 45.9 Å². The van der Waals surface area contributed by atoms with Crippen molar-refractivity contribution in [3.05, 3.63) is 60.2 Å². The molecule has 0 spiro atoms. The molecule has 33 heavy (non-hydrogen) atoms. The van der Waals surface area contributed by atoms with Crippen LogP contribution in [-0.2, 0) is 9.53 Å². The van der Waals surface area contributed by atoms with Crippen molar-refractivity contribution in [1.29, 1.82) is 0 Å². The summed E-state index contributed by atoms with van der Waals surface area (Å²) in [7, 11) is 0. The third-order valence-corrected chi connectivity index (χ3v) is 7.18. The van der Waals surface area contributed by atoms with Crippen molar-refractivity contribution in [2.45, 2.75) is 18.9 Å². The maximum Gasteiger partial charge on any atom is 0.274 e. The van der Waals surface area contributed by atoms with Crippen LogP contribution in [0.15, 0.2) is 48.9 Å². The van der Waals surface area contributed by atoms with Crippen LogP contribution in [-0.4, -0.2) is 77.5 Å². The molecule has 0 aliphatic carbocycles. The zero-order chi connectivity index (χ0) is 22.6. The Labute approximate surface area is 194 Å². The number of rotatable bonds is 7. The van der Waals surface area contributed by atoms with E-state index in [-0.39, 0.29) is 23.8 Å². The van der Waals surface area contributed by atoms with Crippen molar-refractivity contribution in [3.63, 3.8) is 0 Å². The van der Waals surface area contributed by atoms with Crippen molar-refractivity contribution in [2.24, 2.45) is 17.8 Å². The van der Waals surface area contributed by atoms with Crippen LogP contribution in [0.5, 0.6) is 0 Å². The molecule has 3 fully saturated rings. The van der Waals surface area contributed by atoms with Crippen molar-refractivity contribution >= 4 is 11.8 Å². The number of amides is 2. The number of hydrogen-bond acceptors (Lipinski definition) is 6. The molecule has 8 heteroatoms. The normalized spacial score (nSPS) is 25.7. The molecule has 0 bridgehead atoms. The molecular formula is C25H31N5O3. The molecule has 3 aliphatic heterocycles. The van der Waals surface area contributed by atoms with E-state index in [1.165, 1.54) is 0 Å². The molecule has 2 amide bonds. The summed E-state index contributed by atoms with van der Waals surface area (Å²) in [5.41, 5.74) is 1.56. The number of benzene rings is 1. The van der Waals surface area contributed by atoms with E-state index in [0.29, 0.717) is 30.7 Å². The number of hydrogen-bond donors (Lipinski definition) is 1. The zero-order valence-corrected chi connectivity index (χ0v) is 18.8. The maximum absolute atomic E-state index is 12.7. The number of carbonyl (C=O) groups excluding carboxylic acids is 2. The highest BCUT2D eigenvalue weighted by Gasteiger charge is 2.42. The summed E-state index contributed by atoms with van der Waals surface area (Å²) in [6, 6.07) is 10.2. The Bertz CT molecular complexity index is 937. The molecule has 3 saturated heterocycles. The Kier molecular flexibility index (Phi) is 6.64. The molecule has 0 radical (unpaired) electrons. The SMILES string of the molecule is O=C(NC(CCN1CC2CN(C(=O)c3cnccn3)C[C@@H]2C1)c1ccccc1)C1CCOC1. The Balaban J connectivity index is 1.15. The summed E-state index contributed by atoms with van der Waals surface area (Å²) < 4.78 is 5.40. The third kappa shape index (κ3) is 5.07. The summed E-state index contributed by atoms with van der Waals surface area (Å²) in [5, 5.41) is 3.28. The number of aromatic nitrogens is 2. The first-order valence-electron chi connectivity index (χ1n) is 11.9. The first kappa shape index (κ1) is 22.0. The number of nitrogens with one attached hydrogen (secondary N) is 1. The van der Waals surface area contributed by atoms with Gasteiger partial charge in [0.25, 0.3) is 5.91 Å². The number of nitrogens with zero attached hydrogens (tertiary/aromatic N) is 4. The molecule has 1 N–H and O–H groups in total. The fourth-order valence-electron chi connectivity index (χ4n) is 5.36. The highest BCUT2D eigenvalue weighted by molar-refractivity contribution is 5.92. The molecule has 8 nitrogen and oxygen atoms in total. The van der Waals surface area contributed by atoms with Crippen LogP contribution in [0.4, 0.5) is 0 Å². The van der Waals surface area contributed by atoms with Crippen LogP contribution >= 0.6 is 0 Å². The quantitative estimate of drug-likeness (QED) is 0.693. The average molecular weight is 450 g/mol. The molecule has 3 unspecified atom stereocenters. The van der Waals surface area contributed by atoms with Gasteiger partial charge in [-0.3, -0.25) is 14.6 Å². The van der Waals surface area contributed by atoms with Crippen LogP contribution in [0, 0.1) is 17.8 Å². The van der Waals surface area contributed by atoms with Gasteiger partial charge in [0, 0.05) is 51.7 Å². The van der Waals surface area contributed by atoms with Gasteiger partial charge in [-0.15, -0.1) is 0 Å². The van der Waals surface area contributed by atoms with E-state index in [1.807, 2.05) is 23.1 Å². The third-order valence-electron chi connectivity index (χ3n) is 7.18. The molecule has 1 aromatic heterocycles. The van der Waals surface area contributed by atoms with Crippen LogP contribution in [0.1, 0.15) is 34.9 Å². The largest absolute Gasteiger partial charge is 0.381 e. The highest BCUT2D eigenvalue weighted by Crippen LogP contribution is 2.32. The fourth-order valence-corrected chi connectivity index (χ4v) is 5.36. The molecule has 4 atom stereocenters. The van der Waals surface area contributed by atoms with Gasteiger partial charge in [-0.1, -0.05) is 30.3 Å². The Hall–Kier alpha value is -2.84. The lowest BCUT2D eigenvalue weighted by Gasteiger charge is -2.25. The molecule has 3 aliphatic rings. The summed E-state index contributed by atoms with van der Waals surface area (Å²) in [5.74, 6) is 1.02. The number of likely N-dealkylation sites (tertiary alicyclic amines) is 2. The molecule has 2 aromatic rings. The van der Waals surface area contributed by atoms with Crippen molar-refractivity contribution in [1.82, 2.24) is 25.1 Å². The average Bonchev–Trinajstić information content (AvgIpc) is 3.59. The highest BCUT2D eigenvalue weighted by atomic mass is 16.5. The van der Waals surface area contributed by atoms with Crippen molar-refractivity contribution in [3.8, 4) is 0 Å². The van der Waals surface area contributed by atoms with Gasteiger partial charge in [-0.25, -0.2) is 4.98 Å². The van der Waals surface area contributed by atoms with Gasteiger partial charge in [0.15, 0.2) is 0 Å². The van der Waals surface area contributed by atoms with Gasteiger partial charge in [-0.2, -0.15) is 0 Å². The van der Waals surface area contributed by atoms with Gasteiger partial charge < -0.3 is 19.9 Å². The summed E-state index contributed by atoms with van der Waals surface area (Å²) in [6.45, 7) is 5.63. The summed E-state index contributed by atoms with van der Waals surface area (Å²) in [4.78, 5) is 38.0. The second-order valence-electron chi connectivity index (χ2n) is 9.40. The molecule has 174 valence electrons. The minimum absolute atomic E-state index is 0.00512. The Morgan fingerprint density at radius 1 is 1.09 bits per heavy atom. The van der Waals surface area contributed by atoms with E-state index in [2.05, 4.69) is 32.3 Å². The van der Waals surface area contributed by atoms with E-state index in [0.717, 1.165) is 51.1 Å². The molecule has 5 rings (SSSR count). The van der Waals surface area contributed by atoms with Crippen LogP contribution < -0.4 is 5.32 Å². The van der Waals surface area contributed by atoms with E-state index in [9.17, 15) is 9.59 Å². The predicted octanol–water partition coefficient (Wildman–Crippen LogP) is 1.76. The van der Waals surface area contributed by atoms with Gasteiger partial charge in [0.1, 0.15) is 5.69 Å². The van der Waals surface area contributed by atoms with Gasteiger partial charge in [0.2, 0.25) is 5.91 Å². The first-order chi connectivity index (χ1) is 16.2. The Morgan fingerprint density at radius 2 is 1.88 bits per heavy atom. The molecular weight excluding hydrogens is 418 g/mol. The second kappa shape index (κ2) is 9.97. The summed E-state index contributed by atoms with van der Waals surface area (Å²) in [6.07, 6.45) is 6.35. The lowest BCUT2D eigenvalue weighted by atomic mass is 10.0. The first-order valence-corrected chi connectivity index (χ1v) is 11.9. The minimum Gasteiger partial charge on any atom is -0.381 e. The van der Waals surface area contributed by atoms with Gasteiger partial charge in [-0.05, 0) is 30.2 Å². The molecule has 1 aromatic carbocycles. The standard InChI is InChI=1S/C25H31N5O3/c31-24(19-7-11-33-17-19)28-22(18-4-2-1-3-5-18)6-10-29-13-20-15-30(16-21(20)14-29)25(32)23-12-26-8-9-27-23/h1-5,8-9,12,19-22H,6-7,10-11,13-17H2,(H,28,31)/t19?,20-,21?,22?/m0/s1. The predicted molar refractivity (Wildman–Crippen MR) is 122 cm³/mol. The lowest BCUT2D eigenvalue weighted by Crippen LogP contribution is -2.37. The minimum atomic E-state index is -0.0415. The zero-order valence-electron chi connectivity index (χ0n) is 18.8. The smallest absolute Gasteiger partial charge is 0.274 e. The van der Waals surface area contributed by atoms with E-state index in [4.69, 9.17) is 4.74 Å².